The number of nitrogens with zero attached hydrogens (tertiary/aromatic N) is 2. The van der Waals surface area contributed by atoms with Crippen molar-refractivity contribution in [3.63, 3.8) is 0 Å². The van der Waals surface area contributed by atoms with Crippen molar-refractivity contribution in [2.24, 2.45) is 5.92 Å². The molecule has 1 aromatic heterocycles. The predicted octanol–water partition coefficient (Wildman–Crippen LogP) is 4.40. The van der Waals surface area contributed by atoms with Crippen LogP contribution in [0.2, 0.25) is 0 Å². The lowest BCUT2D eigenvalue weighted by atomic mass is 9.88. The Morgan fingerprint density at radius 1 is 1.18 bits per heavy atom. The highest BCUT2D eigenvalue weighted by molar-refractivity contribution is 5.85. The van der Waals surface area contributed by atoms with E-state index in [1.54, 1.807) is 11.8 Å². The predicted molar refractivity (Wildman–Crippen MR) is 125 cm³/mol. The molecule has 2 aliphatic rings. The molecule has 2 aliphatic heterocycles. The summed E-state index contributed by atoms with van der Waals surface area (Å²) in [6.45, 7) is 5.47. The molecule has 0 spiro atoms. The summed E-state index contributed by atoms with van der Waals surface area (Å²) in [6.07, 6.45) is -0.246. The fourth-order valence-electron chi connectivity index (χ4n) is 5.51. The van der Waals surface area contributed by atoms with Gasteiger partial charge in [-0.25, -0.2) is 8.78 Å². The molecular formula is C26H30F3N3O2. The number of H-pyrrole nitrogens is 1. The number of hydrogen-bond donors (Lipinski definition) is 2. The second kappa shape index (κ2) is 9.24. The average Bonchev–Trinajstić information content (AvgIpc) is 3.13. The number of aromatic nitrogens is 1. The number of alkyl halides is 1. The summed E-state index contributed by atoms with van der Waals surface area (Å²) in [5.74, 6) is -1.24. The first kappa shape index (κ1) is 23.2. The summed E-state index contributed by atoms with van der Waals surface area (Å²) < 4.78 is 49.1. The maximum atomic E-state index is 15.5. The first-order valence-electron chi connectivity index (χ1n) is 11.8. The van der Waals surface area contributed by atoms with Gasteiger partial charge in [0.05, 0.1) is 12.7 Å². The van der Waals surface area contributed by atoms with Gasteiger partial charge in [0, 0.05) is 65.9 Å². The number of ether oxygens (including phenoxy) is 1. The first-order valence-corrected chi connectivity index (χ1v) is 11.8. The van der Waals surface area contributed by atoms with Crippen LogP contribution >= 0.6 is 0 Å². The van der Waals surface area contributed by atoms with Gasteiger partial charge in [-0.2, -0.15) is 0 Å². The number of fused-ring (bicyclic) bond motifs is 3. The summed E-state index contributed by atoms with van der Waals surface area (Å²) in [6, 6.07) is 9.29. The highest BCUT2D eigenvalue weighted by atomic mass is 19.1. The molecule has 3 heterocycles. The number of aromatic amines is 1. The van der Waals surface area contributed by atoms with Crippen molar-refractivity contribution in [1.29, 1.82) is 0 Å². The van der Waals surface area contributed by atoms with Crippen LogP contribution in [0.5, 0.6) is 5.75 Å². The van der Waals surface area contributed by atoms with Crippen molar-refractivity contribution in [2.75, 3.05) is 32.9 Å². The number of para-hydroxylation sites is 1. The quantitative estimate of drug-likeness (QED) is 0.534. The molecular weight excluding hydrogens is 443 g/mol. The molecule has 3 atom stereocenters. The molecule has 1 unspecified atom stereocenters. The number of rotatable bonds is 7. The number of hydrogen-bond acceptors (Lipinski definition) is 4. The van der Waals surface area contributed by atoms with Crippen LogP contribution in [0.15, 0.2) is 36.4 Å². The van der Waals surface area contributed by atoms with Crippen molar-refractivity contribution < 1.29 is 23.0 Å². The molecule has 1 fully saturated rings. The Bertz CT molecular complexity index is 1150. The average molecular weight is 474 g/mol. The van der Waals surface area contributed by atoms with E-state index in [1.807, 2.05) is 36.1 Å². The summed E-state index contributed by atoms with van der Waals surface area (Å²) >= 11 is 0. The van der Waals surface area contributed by atoms with E-state index in [0.29, 0.717) is 31.7 Å². The molecule has 5 rings (SSSR count). The highest BCUT2D eigenvalue weighted by Gasteiger charge is 2.40. The van der Waals surface area contributed by atoms with Crippen molar-refractivity contribution in [3.05, 3.63) is 64.9 Å². The van der Waals surface area contributed by atoms with Crippen molar-refractivity contribution in [1.82, 2.24) is 14.8 Å². The van der Waals surface area contributed by atoms with Gasteiger partial charge in [0.15, 0.2) is 0 Å². The fraction of sp³-hybridized carbons (Fsp3) is 0.462. The van der Waals surface area contributed by atoms with Crippen LogP contribution in [0.25, 0.3) is 10.9 Å². The minimum atomic E-state index is -0.904. The minimum Gasteiger partial charge on any atom is -0.492 e. The standard InChI is InChI=1S/C26H30F3N3O2/c1-15-9-20-19-5-3-4-6-23(19)30-25(20)26(32(15)16(2)33)24-21(28)10-18(11-22(24)29)34-8-7-31-13-17(12-27)14-31/h3-6,10-11,15-17,26,30,33H,7-9,12-14H2,1-2H3/t15-,16?,26-/m1/s1. The highest BCUT2D eigenvalue weighted by Crippen LogP contribution is 2.43. The van der Waals surface area contributed by atoms with E-state index >= 15 is 8.78 Å². The van der Waals surface area contributed by atoms with Crippen LogP contribution in [0, 0.1) is 17.6 Å². The Morgan fingerprint density at radius 3 is 2.56 bits per heavy atom. The van der Waals surface area contributed by atoms with Gasteiger partial charge in [0.2, 0.25) is 0 Å². The third kappa shape index (κ3) is 4.08. The van der Waals surface area contributed by atoms with Gasteiger partial charge >= 0.3 is 0 Å². The van der Waals surface area contributed by atoms with Gasteiger partial charge in [-0.1, -0.05) is 18.2 Å². The molecule has 0 aliphatic carbocycles. The van der Waals surface area contributed by atoms with Gasteiger partial charge in [-0.15, -0.1) is 0 Å². The Kier molecular flexibility index (Phi) is 6.31. The van der Waals surface area contributed by atoms with Crippen molar-refractivity contribution >= 4 is 10.9 Å². The number of aliphatic hydroxyl groups is 1. The summed E-state index contributed by atoms with van der Waals surface area (Å²) in [5.41, 5.74) is 2.51. The fourth-order valence-corrected chi connectivity index (χ4v) is 5.51. The zero-order chi connectivity index (χ0) is 24.0. The lowest BCUT2D eigenvalue weighted by Gasteiger charge is -2.42. The van der Waals surface area contributed by atoms with E-state index < -0.39 is 23.9 Å². The van der Waals surface area contributed by atoms with Gasteiger partial charge in [0.25, 0.3) is 0 Å². The monoisotopic (exact) mass is 473 g/mol. The number of aliphatic hydroxyl groups excluding tert-OH is 1. The van der Waals surface area contributed by atoms with E-state index in [4.69, 9.17) is 4.74 Å². The molecule has 3 aromatic rings. The topological polar surface area (TPSA) is 51.7 Å². The Labute approximate surface area is 197 Å². The molecule has 2 aromatic carbocycles. The molecule has 8 heteroatoms. The maximum absolute atomic E-state index is 15.5. The van der Waals surface area contributed by atoms with Gasteiger partial charge in [-0.05, 0) is 31.9 Å². The normalized spacial score (nSPS) is 22.5. The van der Waals surface area contributed by atoms with Crippen molar-refractivity contribution in [2.45, 2.75) is 38.6 Å². The molecule has 5 nitrogen and oxygen atoms in total. The molecule has 1 saturated heterocycles. The zero-order valence-corrected chi connectivity index (χ0v) is 19.4. The molecule has 2 N–H and O–H groups in total. The lowest BCUT2D eigenvalue weighted by molar-refractivity contribution is -0.0363. The molecule has 0 saturated carbocycles. The summed E-state index contributed by atoms with van der Waals surface area (Å²) in [7, 11) is 0. The van der Waals surface area contributed by atoms with E-state index in [2.05, 4.69) is 4.98 Å². The van der Waals surface area contributed by atoms with Gasteiger partial charge in [-0.3, -0.25) is 14.2 Å². The SMILES string of the molecule is CC(O)N1[C@H](c2c(F)cc(OCCN3CC(CF)C3)cc2F)c2[nH]c3ccccc3c2C[C@H]1C. The van der Waals surface area contributed by atoms with E-state index in [0.717, 1.165) is 16.5 Å². The molecule has 0 bridgehead atoms. The third-order valence-corrected chi connectivity index (χ3v) is 7.11. The smallest absolute Gasteiger partial charge is 0.135 e. The second-order valence-corrected chi connectivity index (χ2v) is 9.53. The van der Waals surface area contributed by atoms with E-state index in [1.165, 1.54) is 12.1 Å². The maximum Gasteiger partial charge on any atom is 0.135 e. The van der Waals surface area contributed by atoms with Crippen LogP contribution in [0.3, 0.4) is 0 Å². The van der Waals surface area contributed by atoms with Crippen LogP contribution in [-0.2, 0) is 6.42 Å². The van der Waals surface area contributed by atoms with Gasteiger partial charge < -0.3 is 14.8 Å². The number of benzene rings is 2. The molecule has 182 valence electrons. The number of halogens is 3. The third-order valence-electron chi connectivity index (χ3n) is 7.11. The second-order valence-electron chi connectivity index (χ2n) is 9.53. The summed E-state index contributed by atoms with van der Waals surface area (Å²) in [4.78, 5) is 7.15. The summed E-state index contributed by atoms with van der Waals surface area (Å²) in [5, 5.41) is 11.6. The van der Waals surface area contributed by atoms with Crippen molar-refractivity contribution in [3.8, 4) is 5.75 Å². The lowest BCUT2D eigenvalue weighted by Crippen LogP contribution is -2.49. The van der Waals surface area contributed by atoms with E-state index in [-0.39, 0.29) is 36.6 Å². The molecule has 0 amide bonds. The van der Waals surface area contributed by atoms with Crippen LogP contribution in [0.1, 0.15) is 36.7 Å². The number of nitrogens with one attached hydrogen (secondary N) is 1. The Morgan fingerprint density at radius 2 is 1.88 bits per heavy atom. The minimum absolute atomic E-state index is 0.0819. The Balaban J connectivity index is 1.45. The van der Waals surface area contributed by atoms with Crippen LogP contribution in [-0.4, -0.2) is 65.1 Å². The molecule has 34 heavy (non-hydrogen) atoms. The first-order chi connectivity index (χ1) is 16.4. The largest absolute Gasteiger partial charge is 0.492 e. The zero-order valence-electron chi connectivity index (χ0n) is 19.4. The van der Waals surface area contributed by atoms with Crippen LogP contribution in [0.4, 0.5) is 13.2 Å². The number of likely N-dealkylation sites (tertiary alicyclic amines) is 1. The molecule has 0 radical (unpaired) electrons. The Hall–Kier alpha value is -2.55. The van der Waals surface area contributed by atoms with Crippen LogP contribution < -0.4 is 4.74 Å². The van der Waals surface area contributed by atoms with Gasteiger partial charge in [0.1, 0.15) is 30.2 Å². The van der Waals surface area contributed by atoms with E-state index in [9.17, 15) is 9.50 Å².